The third-order valence-corrected chi connectivity index (χ3v) is 7.75. The van der Waals surface area contributed by atoms with Crippen molar-refractivity contribution in [2.24, 2.45) is 0 Å². The van der Waals surface area contributed by atoms with Crippen LogP contribution in [0.1, 0.15) is 45.2 Å². The minimum atomic E-state index is -0.709. The summed E-state index contributed by atoms with van der Waals surface area (Å²) in [6.07, 6.45) is 2.74. The van der Waals surface area contributed by atoms with Gasteiger partial charge in [0.25, 0.3) is 11.8 Å². The number of aryl methyl sites for hydroxylation is 3. The van der Waals surface area contributed by atoms with Crippen LogP contribution in [0, 0.1) is 6.92 Å². The van der Waals surface area contributed by atoms with Crippen molar-refractivity contribution in [3.05, 3.63) is 57.3 Å². The number of ether oxygens (including phenoxy) is 2. The number of thiazole rings is 1. The molecule has 1 atom stereocenters. The predicted octanol–water partition coefficient (Wildman–Crippen LogP) is 2.51. The second-order valence-corrected chi connectivity index (χ2v) is 10.2. The molecule has 3 aromatic rings. The van der Waals surface area contributed by atoms with Crippen molar-refractivity contribution in [3.63, 3.8) is 0 Å². The fraction of sp³-hybridized carbons (Fsp3) is 0.440. The highest BCUT2D eigenvalue weighted by Crippen LogP contribution is 2.32. The molecule has 0 spiro atoms. The van der Waals surface area contributed by atoms with Crippen LogP contribution in [-0.2, 0) is 30.7 Å². The molecule has 0 radical (unpaired) electrons. The van der Waals surface area contributed by atoms with E-state index in [2.05, 4.69) is 10.3 Å². The number of hydrogen-bond donors (Lipinski definition) is 1. The van der Waals surface area contributed by atoms with Crippen LogP contribution in [0.5, 0.6) is 11.5 Å². The molecule has 1 N–H and O–H groups in total. The maximum Gasteiger partial charge on any atom is 0.272 e. The number of carbonyl (C=O) groups excluding carboxylic acids is 2. The summed E-state index contributed by atoms with van der Waals surface area (Å²) in [7, 11) is 0. The average Bonchev–Trinajstić information content (AvgIpc) is 3.48. The van der Waals surface area contributed by atoms with E-state index in [1.54, 1.807) is 22.3 Å². The molecule has 2 aromatic heterocycles. The SMILES string of the molecule is Cc1ncsc1CCn1nc(C(=O)NC2CC2)c2c1CCN(C(=O)[C@H]1COc3ccccc3O1)C2. The van der Waals surface area contributed by atoms with Crippen LogP contribution in [0.25, 0.3) is 0 Å². The van der Waals surface area contributed by atoms with E-state index in [1.807, 2.05) is 35.3 Å². The number of nitrogens with one attached hydrogen (secondary N) is 1. The number of hydrogen-bond acceptors (Lipinski definition) is 7. The van der Waals surface area contributed by atoms with E-state index in [0.717, 1.165) is 36.2 Å². The third kappa shape index (κ3) is 4.38. The van der Waals surface area contributed by atoms with Crippen molar-refractivity contribution in [1.82, 2.24) is 25.0 Å². The summed E-state index contributed by atoms with van der Waals surface area (Å²) in [5.74, 6) is 0.933. The number of para-hydroxylation sites is 2. The van der Waals surface area contributed by atoms with Crippen molar-refractivity contribution in [2.45, 2.75) is 57.8 Å². The van der Waals surface area contributed by atoms with Gasteiger partial charge in [-0.1, -0.05) is 12.1 Å². The molecule has 6 rings (SSSR count). The number of amides is 2. The highest BCUT2D eigenvalue weighted by atomic mass is 32.1. The van der Waals surface area contributed by atoms with Gasteiger partial charge in [-0.2, -0.15) is 5.10 Å². The number of aromatic nitrogens is 3. The van der Waals surface area contributed by atoms with Gasteiger partial charge in [0.05, 0.1) is 11.2 Å². The zero-order chi connectivity index (χ0) is 23.9. The standard InChI is InChI=1S/C25H27N5O4S/c1-15-22(35-14-26-15)9-11-30-18-8-10-29(12-17(18)23(28-30)24(31)27-16-6-7-16)25(32)21-13-33-19-4-2-3-5-20(19)34-21/h2-5,14,16,21H,6-13H2,1H3,(H,27,31)/t21-/m1/s1. The van der Waals surface area contributed by atoms with Gasteiger partial charge in [-0.15, -0.1) is 11.3 Å². The van der Waals surface area contributed by atoms with E-state index in [0.29, 0.717) is 43.2 Å². The zero-order valence-electron chi connectivity index (χ0n) is 19.5. The Bertz CT molecular complexity index is 1280. The molecule has 182 valence electrons. The molecule has 4 heterocycles. The van der Waals surface area contributed by atoms with Gasteiger partial charge < -0.3 is 19.7 Å². The van der Waals surface area contributed by atoms with E-state index < -0.39 is 6.10 Å². The minimum Gasteiger partial charge on any atom is -0.485 e. The summed E-state index contributed by atoms with van der Waals surface area (Å²) in [5, 5.41) is 7.79. The van der Waals surface area contributed by atoms with Crippen LogP contribution in [0.15, 0.2) is 29.8 Å². The highest BCUT2D eigenvalue weighted by Gasteiger charge is 2.36. The first-order valence-corrected chi connectivity index (χ1v) is 12.9. The van der Waals surface area contributed by atoms with Gasteiger partial charge in [-0.3, -0.25) is 14.3 Å². The Kier molecular flexibility index (Phi) is 5.68. The lowest BCUT2D eigenvalue weighted by Crippen LogP contribution is -2.48. The lowest BCUT2D eigenvalue weighted by Gasteiger charge is -2.33. The van der Waals surface area contributed by atoms with Gasteiger partial charge in [0.1, 0.15) is 6.61 Å². The van der Waals surface area contributed by atoms with Gasteiger partial charge in [-0.25, -0.2) is 4.98 Å². The van der Waals surface area contributed by atoms with Crippen molar-refractivity contribution < 1.29 is 19.1 Å². The molecule has 35 heavy (non-hydrogen) atoms. The van der Waals surface area contributed by atoms with Crippen LogP contribution in [0.2, 0.25) is 0 Å². The van der Waals surface area contributed by atoms with Crippen molar-refractivity contribution in [3.8, 4) is 11.5 Å². The lowest BCUT2D eigenvalue weighted by molar-refractivity contribution is -0.142. The maximum atomic E-state index is 13.4. The molecule has 9 nitrogen and oxygen atoms in total. The molecule has 1 fully saturated rings. The number of rotatable bonds is 6. The first-order valence-electron chi connectivity index (χ1n) is 12.0. The molecule has 3 aliphatic rings. The van der Waals surface area contributed by atoms with E-state index in [4.69, 9.17) is 14.6 Å². The maximum absolute atomic E-state index is 13.4. The minimum absolute atomic E-state index is 0.133. The van der Waals surface area contributed by atoms with E-state index in [9.17, 15) is 9.59 Å². The number of nitrogens with zero attached hydrogens (tertiary/aromatic N) is 4. The molecule has 2 amide bonds. The highest BCUT2D eigenvalue weighted by molar-refractivity contribution is 7.09. The Morgan fingerprint density at radius 3 is 2.83 bits per heavy atom. The molecule has 10 heteroatoms. The summed E-state index contributed by atoms with van der Waals surface area (Å²) in [6.45, 7) is 3.73. The van der Waals surface area contributed by atoms with Crippen LogP contribution in [0.4, 0.5) is 0 Å². The van der Waals surface area contributed by atoms with Crippen LogP contribution >= 0.6 is 11.3 Å². The molecule has 0 saturated heterocycles. The fourth-order valence-corrected chi connectivity index (χ4v) is 5.42. The lowest BCUT2D eigenvalue weighted by atomic mass is 10.0. The zero-order valence-corrected chi connectivity index (χ0v) is 20.3. The van der Waals surface area contributed by atoms with Crippen molar-refractivity contribution in [1.29, 1.82) is 0 Å². The summed E-state index contributed by atoms with van der Waals surface area (Å²) < 4.78 is 13.7. The van der Waals surface area contributed by atoms with Crippen LogP contribution in [0.3, 0.4) is 0 Å². The van der Waals surface area contributed by atoms with Gasteiger partial charge in [-0.05, 0) is 31.9 Å². The summed E-state index contributed by atoms with van der Waals surface area (Å²) in [5.41, 5.74) is 5.19. The Balaban J connectivity index is 1.22. The molecule has 1 saturated carbocycles. The number of carbonyl (C=O) groups is 2. The number of fused-ring (bicyclic) bond motifs is 2. The van der Waals surface area contributed by atoms with Gasteiger partial charge in [0.15, 0.2) is 17.2 Å². The van der Waals surface area contributed by atoms with Gasteiger partial charge >= 0.3 is 0 Å². The van der Waals surface area contributed by atoms with Crippen molar-refractivity contribution >= 4 is 23.2 Å². The molecule has 1 aromatic carbocycles. The van der Waals surface area contributed by atoms with E-state index >= 15 is 0 Å². The largest absolute Gasteiger partial charge is 0.485 e. The molecule has 0 unspecified atom stereocenters. The first-order chi connectivity index (χ1) is 17.1. The van der Waals surface area contributed by atoms with Crippen LogP contribution < -0.4 is 14.8 Å². The molecular weight excluding hydrogens is 466 g/mol. The third-order valence-electron chi connectivity index (χ3n) is 6.75. The van der Waals surface area contributed by atoms with Crippen molar-refractivity contribution in [2.75, 3.05) is 13.2 Å². The second-order valence-electron chi connectivity index (χ2n) is 9.23. The van der Waals surface area contributed by atoms with Crippen LogP contribution in [-0.4, -0.2) is 56.8 Å². The number of benzene rings is 1. The first kappa shape index (κ1) is 22.1. The monoisotopic (exact) mass is 493 g/mol. The Morgan fingerprint density at radius 2 is 2.06 bits per heavy atom. The smallest absolute Gasteiger partial charge is 0.272 e. The molecular formula is C25H27N5O4S. The molecule has 2 aliphatic heterocycles. The second kappa shape index (κ2) is 8.99. The normalized spacial score (nSPS) is 18.8. The van der Waals surface area contributed by atoms with Gasteiger partial charge in [0.2, 0.25) is 6.10 Å². The Hall–Kier alpha value is -3.40. The predicted molar refractivity (Wildman–Crippen MR) is 129 cm³/mol. The van der Waals surface area contributed by atoms with E-state index in [-0.39, 0.29) is 24.5 Å². The quantitative estimate of drug-likeness (QED) is 0.567. The summed E-state index contributed by atoms with van der Waals surface area (Å²) in [6, 6.07) is 7.60. The summed E-state index contributed by atoms with van der Waals surface area (Å²) in [4.78, 5) is 33.7. The molecule has 1 aliphatic carbocycles. The average molecular weight is 494 g/mol. The van der Waals surface area contributed by atoms with E-state index in [1.165, 1.54) is 4.88 Å². The molecule has 0 bridgehead atoms. The Morgan fingerprint density at radius 1 is 1.23 bits per heavy atom. The fourth-order valence-electron chi connectivity index (χ4n) is 4.65. The van der Waals surface area contributed by atoms with Gasteiger partial charge in [0, 0.05) is 54.7 Å². The Labute approximate surface area is 207 Å². The topological polar surface area (TPSA) is 98.6 Å². The summed E-state index contributed by atoms with van der Waals surface area (Å²) >= 11 is 1.64.